The molecular weight excluding hydrogens is 316 g/mol. The molecule has 0 saturated carbocycles. The van der Waals surface area contributed by atoms with E-state index < -0.39 is 0 Å². The van der Waals surface area contributed by atoms with E-state index in [1.165, 1.54) is 19.4 Å². The van der Waals surface area contributed by atoms with Crippen LogP contribution in [0.15, 0.2) is 23.2 Å². The normalized spacial score (nSPS) is 18.7. The smallest absolute Gasteiger partial charge is 0.195 e. The molecular formula is C19H32N4O2. The van der Waals surface area contributed by atoms with Crippen molar-refractivity contribution in [3.05, 3.63) is 18.2 Å². The van der Waals surface area contributed by atoms with Crippen molar-refractivity contribution in [2.75, 3.05) is 52.3 Å². The minimum atomic E-state index is 0.634. The summed E-state index contributed by atoms with van der Waals surface area (Å²) in [7, 11) is 3.28. The molecule has 140 valence electrons. The molecule has 0 aliphatic carbocycles. The van der Waals surface area contributed by atoms with Crippen LogP contribution in [0, 0.1) is 5.92 Å². The number of methoxy groups -OCH3 is 2. The fraction of sp³-hybridized carbons (Fsp3) is 0.632. The maximum absolute atomic E-state index is 5.37. The van der Waals surface area contributed by atoms with Crippen molar-refractivity contribution in [1.29, 1.82) is 0 Å². The average molecular weight is 348 g/mol. The first-order chi connectivity index (χ1) is 12.2. The standard InChI is InChI=1S/C19H32N4O2/c1-5-20-19(21-13-15-8-7-11-23(6-2)14-15)22-16-9-10-17(24-3)18(12-16)25-4/h9-10,12,15H,5-8,11,13-14H2,1-4H3,(H2,20,21,22). The number of aliphatic imine (C=N–C) groups is 1. The van der Waals surface area contributed by atoms with E-state index >= 15 is 0 Å². The second kappa shape index (κ2) is 10.1. The molecule has 6 nitrogen and oxygen atoms in total. The molecule has 0 amide bonds. The summed E-state index contributed by atoms with van der Waals surface area (Å²) >= 11 is 0. The molecule has 25 heavy (non-hydrogen) atoms. The summed E-state index contributed by atoms with van der Waals surface area (Å²) < 4.78 is 10.7. The monoisotopic (exact) mass is 348 g/mol. The molecule has 0 aromatic heterocycles. The van der Waals surface area contributed by atoms with Gasteiger partial charge < -0.3 is 25.0 Å². The highest BCUT2D eigenvalue weighted by Gasteiger charge is 2.18. The van der Waals surface area contributed by atoms with E-state index in [2.05, 4.69) is 29.4 Å². The number of hydrogen-bond acceptors (Lipinski definition) is 4. The van der Waals surface area contributed by atoms with E-state index in [0.29, 0.717) is 11.7 Å². The topological polar surface area (TPSA) is 58.1 Å². The first-order valence-electron chi connectivity index (χ1n) is 9.19. The lowest BCUT2D eigenvalue weighted by Crippen LogP contribution is -2.37. The highest BCUT2D eigenvalue weighted by molar-refractivity contribution is 5.93. The van der Waals surface area contributed by atoms with Crippen molar-refractivity contribution in [3.63, 3.8) is 0 Å². The molecule has 1 fully saturated rings. The van der Waals surface area contributed by atoms with E-state index in [0.717, 1.165) is 43.6 Å². The van der Waals surface area contributed by atoms with Crippen LogP contribution in [0.4, 0.5) is 5.69 Å². The summed E-state index contributed by atoms with van der Waals surface area (Å²) in [6.07, 6.45) is 2.53. The molecule has 1 aromatic rings. The van der Waals surface area contributed by atoms with Gasteiger partial charge in [-0.1, -0.05) is 6.92 Å². The molecule has 1 aliphatic rings. The Kier molecular flexibility index (Phi) is 7.85. The molecule has 2 N–H and O–H groups in total. The number of hydrogen-bond donors (Lipinski definition) is 2. The highest BCUT2D eigenvalue weighted by Crippen LogP contribution is 2.29. The Labute approximate surface area is 151 Å². The molecule has 0 radical (unpaired) electrons. The third kappa shape index (κ3) is 5.81. The van der Waals surface area contributed by atoms with Crippen LogP contribution >= 0.6 is 0 Å². The average Bonchev–Trinajstić information content (AvgIpc) is 2.66. The summed E-state index contributed by atoms with van der Waals surface area (Å²) in [4.78, 5) is 7.31. The number of benzene rings is 1. The van der Waals surface area contributed by atoms with Gasteiger partial charge in [0.15, 0.2) is 17.5 Å². The van der Waals surface area contributed by atoms with Crippen LogP contribution < -0.4 is 20.1 Å². The summed E-state index contributed by atoms with van der Waals surface area (Å²) in [6, 6.07) is 5.78. The molecule has 1 atom stereocenters. The van der Waals surface area contributed by atoms with Crippen molar-refractivity contribution in [3.8, 4) is 11.5 Å². The molecule has 0 spiro atoms. The van der Waals surface area contributed by atoms with E-state index in [1.807, 2.05) is 18.2 Å². The van der Waals surface area contributed by atoms with E-state index in [1.54, 1.807) is 14.2 Å². The third-order valence-corrected chi connectivity index (χ3v) is 4.55. The summed E-state index contributed by atoms with van der Waals surface area (Å²) in [6.45, 7) is 9.48. The summed E-state index contributed by atoms with van der Waals surface area (Å²) in [5.41, 5.74) is 0.927. The predicted molar refractivity (Wildman–Crippen MR) is 104 cm³/mol. The van der Waals surface area contributed by atoms with Crippen LogP contribution in [-0.4, -0.2) is 57.8 Å². The molecule has 1 aromatic carbocycles. The number of likely N-dealkylation sites (tertiary alicyclic amines) is 1. The lowest BCUT2D eigenvalue weighted by Gasteiger charge is -2.31. The van der Waals surface area contributed by atoms with Gasteiger partial charge in [0.2, 0.25) is 0 Å². The lowest BCUT2D eigenvalue weighted by molar-refractivity contribution is 0.187. The Balaban J connectivity index is 2.02. The van der Waals surface area contributed by atoms with E-state index in [9.17, 15) is 0 Å². The van der Waals surface area contributed by atoms with Crippen molar-refractivity contribution >= 4 is 11.6 Å². The van der Waals surface area contributed by atoms with Crippen molar-refractivity contribution in [2.24, 2.45) is 10.9 Å². The Morgan fingerprint density at radius 3 is 2.72 bits per heavy atom. The summed E-state index contributed by atoms with van der Waals surface area (Å²) in [5, 5.41) is 6.68. The molecule has 2 rings (SSSR count). The highest BCUT2D eigenvalue weighted by atomic mass is 16.5. The zero-order valence-corrected chi connectivity index (χ0v) is 16.0. The maximum Gasteiger partial charge on any atom is 0.195 e. The van der Waals surface area contributed by atoms with Crippen LogP contribution in [0.3, 0.4) is 0 Å². The van der Waals surface area contributed by atoms with Crippen LogP contribution in [0.5, 0.6) is 11.5 Å². The quantitative estimate of drug-likeness (QED) is 0.586. The Bertz CT molecular complexity index is 562. The first kappa shape index (κ1) is 19.4. The van der Waals surface area contributed by atoms with Crippen LogP contribution in [0.25, 0.3) is 0 Å². The van der Waals surface area contributed by atoms with Crippen molar-refractivity contribution < 1.29 is 9.47 Å². The van der Waals surface area contributed by atoms with Crippen molar-refractivity contribution in [2.45, 2.75) is 26.7 Å². The predicted octanol–water partition coefficient (Wildman–Crippen LogP) is 2.81. The fourth-order valence-corrected chi connectivity index (χ4v) is 3.17. The summed E-state index contributed by atoms with van der Waals surface area (Å²) in [5.74, 6) is 2.86. The minimum Gasteiger partial charge on any atom is -0.493 e. The van der Waals surface area contributed by atoms with Gasteiger partial charge in [0.25, 0.3) is 0 Å². The molecule has 6 heteroatoms. The second-order valence-electron chi connectivity index (χ2n) is 6.32. The third-order valence-electron chi connectivity index (χ3n) is 4.55. The largest absolute Gasteiger partial charge is 0.493 e. The number of nitrogens with one attached hydrogen (secondary N) is 2. The van der Waals surface area contributed by atoms with E-state index in [-0.39, 0.29) is 0 Å². The second-order valence-corrected chi connectivity index (χ2v) is 6.32. The molecule has 1 aliphatic heterocycles. The van der Waals surface area contributed by atoms with Crippen LogP contribution in [-0.2, 0) is 0 Å². The van der Waals surface area contributed by atoms with Gasteiger partial charge in [0, 0.05) is 31.4 Å². The van der Waals surface area contributed by atoms with Gasteiger partial charge in [-0.05, 0) is 50.9 Å². The SMILES string of the molecule is CCNC(=NCC1CCCN(CC)C1)Nc1ccc(OC)c(OC)c1. The van der Waals surface area contributed by atoms with Gasteiger partial charge in [0.1, 0.15) is 0 Å². The number of piperidine rings is 1. The minimum absolute atomic E-state index is 0.634. The van der Waals surface area contributed by atoms with E-state index in [4.69, 9.17) is 14.5 Å². The molecule has 1 heterocycles. The molecule has 1 unspecified atom stereocenters. The van der Waals surface area contributed by atoms with Crippen molar-refractivity contribution in [1.82, 2.24) is 10.2 Å². The number of guanidine groups is 1. The Morgan fingerprint density at radius 1 is 1.24 bits per heavy atom. The Hall–Kier alpha value is -1.95. The fourth-order valence-electron chi connectivity index (χ4n) is 3.17. The number of anilines is 1. The molecule has 1 saturated heterocycles. The number of nitrogens with zero attached hydrogens (tertiary/aromatic N) is 2. The van der Waals surface area contributed by atoms with Gasteiger partial charge in [-0.25, -0.2) is 0 Å². The van der Waals surface area contributed by atoms with Gasteiger partial charge in [-0.3, -0.25) is 4.99 Å². The van der Waals surface area contributed by atoms with Gasteiger partial charge >= 0.3 is 0 Å². The number of rotatable bonds is 7. The number of ether oxygens (including phenoxy) is 2. The zero-order valence-electron chi connectivity index (χ0n) is 16.0. The molecule has 0 bridgehead atoms. The van der Waals surface area contributed by atoms with Crippen LogP contribution in [0.2, 0.25) is 0 Å². The van der Waals surface area contributed by atoms with Gasteiger partial charge in [0.05, 0.1) is 14.2 Å². The maximum atomic E-state index is 5.37. The van der Waals surface area contributed by atoms with Gasteiger partial charge in [-0.15, -0.1) is 0 Å². The van der Waals surface area contributed by atoms with Gasteiger partial charge in [-0.2, -0.15) is 0 Å². The first-order valence-corrected chi connectivity index (χ1v) is 9.19. The zero-order chi connectivity index (χ0) is 18.1. The lowest BCUT2D eigenvalue weighted by atomic mass is 9.98. The Morgan fingerprint density at radius 2 is 2.04 bits per heavy atom. The van der Waals surface area contributed by atoms with Crippen LogP contribution in [0.1, 0.15) is 26.7 Å².